The predicted molar refractivity (Wildman–Crippen MR) is 101 cm³/mol. The summed E-state index contributed by atoms with van der Waals surface area (Å²) >= 11 is 0. The minimum absolute atomic E-state index is 0.258. The Morgan fingerprint density at radius 1 is 1.00 bits per heavy atom. The Kier molecular flexibility index (Phi) is 5.63. The quantitative estimate of drug-likeness (QED) is 0.644. The Labute approximate surface area is 160 Å². The maximum Gasteiger partial charge on any atom is 0.416 e. The lowest BCUT2D eigenvalue weighted by atomic mass is 10.1. The molecule has 0 fully saturated rings. The molecule has 2 aromatic carbocycles. The molecule has 0 saturated carbocycles. The first-order valence-corrected chi connectivity index (χ1v) is 8.54. The molecular formula is C21H18F3N3O. The van der Waals surface area contributed by atoms with E-state index in [-0.39, 0.29) is 11.6 Å². The van der Waals surface area contributed by atoms with E-state index in [1.54, 1.807) is 0 Å². The summed E-state index contributed by atoms with van der Waals surface area (Å²) in [5.41, 5.74) is 2.33. The predicted octanol–water partition coefficient (Wildman–Crippen LogP) is 5.08. The van der Waals surface area contributed by atoms with Crippen molar-refractivity contribution in [3.63, 3.8) is 0 Å². The number of carbonyl (C=O) groups is 1. The van der Waals surface area contributed by atoms with Gasteiger partial charge in [0.25, 0.3) is 5.91 Å². The van der Waals surface area contributed by atoms with Crippen LogP contribution in [0.2, 0.25) is 0 Å². The van der Waals surface area contributed by atoms with Gasteiger partial charge in [0.05, 0.1) is 23.0 Å². The van der Waals surface area contributed by atoms with Gasteiger partial charge in [-0.3, -0.25) is 9.78 Å². The highest BCUT2D eigenvalue weighted by atomic mass is 19.4. The average Bonchev–Trinajstić information content (AvgIpc) is 2.67. The van der Waals surface area contributed by atoms with Crippen LogP contribution in [0.3, 0.4) is 0 Å². The maximum absolute atomic E-state index is 12.8. The average molecular weight is 385 g/mol. The Morgan fingerprint density at radius 2 is 1.75 bits per heavy atom. The van der Waals surface area contributed by atoms with Crippen LogP contribution in [0.4, 0.5) is 24.5 Å². The zero-order valence-corrected chi connectivity index (χ0v) is 15.0. The number of pyridine rings is 1. The van der Waals surface area contributed by atoms with Crippen LogP contribution in [-0.2, 0) is 12.7 Å². The number of aryl methyl sites for hydroxylation is 1. The van der Waals surface area contributed by atoms with Crippen LogP contribution in [0.25, 0.3) is 0 Å². The minimum atomic E-state index is -4.42. The van der Waals surface area contributed by atoms with Crippen molar-refractivity contribution in [1.29, 1.82) is 0 Å². The number of carbonyl (C=O) groups excluding carboxylic acids is 1. The van der Waals surface area contributed by atoms with E-state index in [1.165, 1.54) is 30.6 Å². The molecule has 0 spiro atoms. The van der Waals surface area contributed by atoms with E-state index in [0.717, 1.165) is 23.3 Å². The fraction of sp³-hybridized carbons (Fsp3) is 0.143. The van der Waals surface area contributed by atoms with Gasteiger partial charge in [0.2, 0.25) is 0 Å². The maximum atomic E-state index is 12.8. The number of hydrogen-bond donors (Lipinski definition) is 2. The molecule has 7 heteroatoms. The van der Waals surface area contributed by atoms with Crippen molar-refractivity contribution in [3.05, 3.63) is 89.2 Å². The number of benzene rings is 2. The van der Waals surface area contributed by atoms with Gasteiger partial charge < -0.3 is 10.6 Å². The normalized spacial score (nSPS) is 11.1. The first-order chi connectivity index (χ1) is 13.3. The van der Waals surface area contributed by atoms with E-state index < -0.39 is 11.7 Å². The summed E-state index contributed by atoms with van der Waals surface area (Å²) < 4.78 is 38.5. The molecule has 3 rings (SSSR count). The number of rotatable bonds is 5. The third-order valence-electron chi connectivity index (χ3n) is 4.05. The molecule has 1 aromatic heterocycles. The lowest BCUT2D eigenvalue weighted by molar-refractivity contribution is -0.137. The van der Waals surface area contributed by atoms with E-state index in [1.807, 2.05) is 31.2 Å². The number of halogens is 3. The SMILES string of the molecule is Cc1ccc(CNC(=O)c2cncc(Nc3cccc(C(F)(F)F)c3)c2)cc1. The van der Waals surface area contributed by atoms with Gasteiger partial charge in [-0.2, -0.15) is 13.2 Å². The van der Waals surface area contributed by atoms with Crippen molar-refractivity contribution in [2.24, 2.45) is 0 Å². The highest BCUT2D eigenvalue weighted by Crippen LogP contribution is 2.31. The van der Waals surface area contributed by atoms with Gasteiger partial charge in [-0.15, -0.1) is 0 Å². The lowest BCUT2D eigenvalue weighted by Gasteiger charge is -2.11. The number of amides is 1. The molecule has 0 aliphatic rings. The molecule has 1 amide bonds. The number of nitrogens with one attached hydrogen (secondary N) is 2. The highest BCUT2D eigenvalue weighted by Gasteiger charge is 2.30. The standard InChI is InChI=1S/C21H18F3N3O/c1-14-5-7-15(8-6-14)11-26-20(28)16-9-19(13-25-12-16)27-18-4-2-3-17(10-18)21(22,23)24/h2-10,12-13,27H,11H2,1H3,(H,26,28). The second kappa shape index (κ2) is 8.12. The van der Waals surface area contributed by atoms with Crippen LogP contribution in [0.15, 0.2) is 67.0 Å². The van der Waals surface area contributed by atoms with Crippen molar-refractivity contribution < 1.29 is 18.0 Å². The second-order valence-corrected chi connectivity index (χ2v) is 6.33. The smallest absolute Gasteiger partial charge is 0.354 e. The number of nitrogens with zero attached hydrogens (tertiary/aromatic N) is 1. The summed E-state index contributed by atoms with van der Waals surface area (Å²) in [6, 6.07) is 14.2. The first kappa shape index (κ1) is 19.4. The van der Waals surface area contributed by atoms with E-state index >= 15 is 0 Å². The third-order valence-corrected chi connectivity index (χ3v) is 4.05. The van der Waals surface area contributed by atoms with E-state index in [2.05, 4.69) is 15.6 Å². The molecule has 3 aromatic rings. The minimum Gasteiger partial charge on any atom is -0.354 e. The number of hydrogen-bond acceptors (Lipinski definition) is 3. The number of alkyl halides is 3. The second-order valence-electron chi connectivity index (χ2n) is 6.33. The molecule has 0 bridgehead atoms. The highest BCUT2D eigenvalue weighted by molar-refractivity contribution is 5.94. The summed E-state index contributed by atoms with van der Waals surface area (Å²) in [4.78, 5) is 16.3. The van der Waals surface area contributed by atoms with E-state index in [9.17, 15) is 18.0 Å². The summed E-state index contributed by atoms with van der Waals surface area (Å²) in [7, 11) is 0. The molecule has 0 unspecified atom stereocenters. The van der Waals surface area contributed by atoms with E-state index in [0.29, 0.717) is 17.8 Å². The van der Waals surface area contributed by atoms with Gasteiger partial charge in [-0.1, -0.05) is 35.9 Å². The van der Waals surface area contributed by atoms with Crippen molar-refractivity contribution >= 4 is 17.3 Å². The number of anilines is 2. The molecule has 1 heterocycles. The van der Waals surface area contributed by atoms with Gasteiger partial charge in [0.15, 0.2) is 0 Å². The fourth-order valence-corrected chi connectivity index (χ4v) is 2.56. The van der Waals surface area contributed by atoms with Gasteiger partial charge in [0.1, 0.15) is 0 Å². The fourth-order valence-electron chi connectivity index (χ4n) is 2.56. The van der Waals surface area contributed by atoms with Crippen molar-refractivity contribution in [2.75, 3.05) is 5.32 Å². The Hall–Kier alpha value is -3.35. The largest absolute Gasteiger partial charge is 0.416 e. The van der Waals surface area contributed by atoms with Crippen molar-refractivity contribution in [3.8, 4) is 0 Å². The molecule has 0 radical (unpaired) electrons. The van der Waals surface area contributed by atoms with Crippen molar-refractivity contribution in [1.82, 2.24) is 10.3 Å². The summed E-state index contributed by atoms with van der Waals surface area (Å²) in [6.45, 7) is 2.35. The monoisotopic (exact) mass is 385 g/mol. The Balaban J connectivity index is 1.68. The van der Waals surface area contributed by atoms with Crippen LogP contribution >= 0.6 is 0 Å². The third kappa shape index (κ3) is 5.09. The molecule has 0 aliphatic carbocycles. The molecule has 0 aliphatic heterocycles. The lowest BCUT2D eigenvalue weighted by Crippen LogP contribution is -2.23. The zero-order valence-electron chi connectivity index (χ0n) is 15.0. The Bertz CT molecular complexity index is 969. The Morgan fingerprint density at radius 3 is 2.46 bits per heavy atom. The summed E-state index contributed by atoms with van der Waals surface area (Å²) in [5.74, 6) is -0.319. The topological polar surface area (TPSA) is 54.0 Å². The van der Waals surface area contributed by atoms with Crippen LogP contribution in [0.5, 0.6) is 0 Å². The van der Waals surface area contributed by atoms with E-state index in [4.69, 9.17) is 0 Å². The molecule has 4 nitrogen and oxygen atoms in total. The first-order valence-electron chi connectivity index (χ1n) is 8.54. The molecular weight excluding hydrogens is 367 g/mol. The molecule has 144 valence electrons. The molecule has 0 atom stereocenters. The van der Waals surface area contributed by atoms with Gasteiger partial charge >= 0.3 is 6.18 Å². The van der Waals surface area contributed by atoms with Gasteiger partial charge in [0, 0.05) is 18.4 Å². The molecule has 2 N–H and O–H groups in total. The zero-order chi connectivity index (χ0) is 20.1. The van der Waals surface area contributed by atoms with Crippen LogP contribution in [0, 0.1) is 6.92 Å². The molecule has 0 saturated heterocycles. The van der Waals surface area contributed by atoms with Crippen LogP contribution < -0.4 is 10.6 Å². The van der Waals surface area contributed by atoms with Crippen molar-refractivity contribution in [2.45, 2.75) is 19.6 Å². The van der Waals surface area contributed by atoms with Gasteiger partial charge in [-0.25, -0.2) is 0 Å². The summed E-state index contributed by atoms with van der Waals surface area (Å²) in [6.07, 6.45) is -1.58. The number of aromatic nitrogens is 1. The molecule has 28 heavy (non-hydrogen) atoms. The van der Waals surface area contributed by atoms with Gasteiger partial charge in [-0.05, 0) is 36.8 Å². The van der Waals surface area contributed by atoms with Crippen LogP contribution in [-0.4, -0.2) is 10.9 Å². The van der Waals surface area contributed by atoms with Crippen LogP contribution in [0.1, 0.15) is 27.0 Å². The summed E-state index contributed by atoms with van der Waals surface area (Å²) in [5, 5.41) is 5.65.